The number of benzene rings is 1. The smallest absolute Gasteiger partial charge is 0.243 e. The maximum Gasteiger partial charge on any atom is 0.243 e. The van der Waals surface area contributed by atoms with Gasteiger partial charge >= 0.3 is 0 Å². The molecule has 0 unspecified atom stereocenters. The number of rotatable bonds is 6. The summed E-state index contributed by atoms with van der Waals surface area (Å²) in [6, 6.07) is 6.06. The summed E-state index contributed by atoms with van der Waals surface area (Å²) < 4.78 is 26.5. The Kier molecular flexibility index (Phi) is 6.16. The molecule has 0 radical (unpaired) electrons. The van der Waals surface area contributed by atoms with Crippen LogP contribution in [0.4, 0.5) is 5.69 Å². The zero-order valence-electron chi connectivity index (χ0n) is 11.8. The highest BCUT2D eigenvalue weighted by Crippen LogP contribution is 2.20. The molecule has 0 aliphatic carbocycles. The van der Waals surface area contributed by atoms with Crippen LogP contribution in [0.2, 0.25) is 0 Å². The van der Waals surface area contributed by atoms with Crippen LogP contribution in [-0.4, -0.2) is 36.5 Å². The van der Waals surface area contributed by atoms with Crippen molar-refractivity contribution in [1.82, 2.24) is 4.31 Å². The van der Waals surface area contributed by atoms with Crippen LogP contribution in [0.25, 0.3) is 0 Å². The Balaban J connectivity index is 3.05. The Labute approximate surface area is 128 Å². The van der Waals surface area contributed by atoms with Crippen molar-refractivity contribution in [1.29, 1.82) is 0 Å². The summed E-state index contributed by atoms with van der Waals surface area (Å²) in [5.41, 5.74) is 0.577. The average molecular weight is 363 g/mol. The van der Waals surface area contributed by atoms with Crippen LogP contribution in [0, 0.1) is 0 Å². The molecule has 20 heavy (non-hydrogen) atoms. The van der Waals surface area contributed by atoms with Gasteiger partial charge in [-0.25, -0.2) is 8.42 Å². The first-order chi connectivity index (χ1) is 9.28. The Morgan fingerprint density at radius 1 is 1.30 bits per heavy atom. The van der Waals surface area contributed by atoms with Gasteiger partial charge in [-0.1, -0.05) is 15.9 Å². The number of carbonyl (C=O) groups is 1. The standard InChI is InChI=1S/C13H19BrN2O3S/c1-10(2)16(9-8-14)20(18,19)13-6-4-12(5-7-13)15-11(3)17/h4-7,10H,8-9H2,1-3H3,(H,15,17). The highest BCUT2D eigenvalue weighted by atomic mass is 79.9. The number of nitrogens with zero attached hydrogens (tertiary/aromatic N) is 1. The first-order valence-corrected chi connectivity index (χ1v) is 8.80. The van der Waals surface area contributed by atoms with Crippen LogP contribution < -0.4 is 5.32 Å². The number of halogens is 1. The molecular formula is C13H19BrN2O3S. The molecule has 112 valence electrons. The minimum atomic E-state index is -3.52. The zero-order chi connectivity index (χ0) is 15.3. The molecule has 5 nitrogen and oxygen atoms in total. The van der Waals surface area contributed by atoms with Crippen molar-refractivity contribution in [3.8, 4) is 0 Å². The van der Waals surface area contributed by atoms with E-state index < -0.39 is 10.0 Å². The molecule has 0 atom stereocenters. The number of hydrogen-bond donors (Lipinski definition) is 1. The molecule has 1 aromatic carbocycles. The van der Waals surface area contributed by atoms with E-state index in [1.807, 2.05) is 13.8 Å². The van der Waals surface area contributed by atoms with Crippen LogP contribution in [0.1, 0.15) is 20.8 Å². The van der Waals surface area contributed by atoms with Crippen LogP contribution in [0.15, 0.2) is 29.2 Å². The summed E-state index contributed by atoms with van der Waals surface area (Å²) in [5.74, 6) is -0.191. The highest BCUT2D eigenvalue weighted by molar-refractivity contribution is 9.09. The molecule has 1 aromatic rings. The van der Waals surface area contributed by atoms with Crippen molar-refractivity contribution in [2.75, 3.05) is 17.2 Å². The van der Waals surface area contributed by atoms with Gasteiger partial charge in [-0.2, -0.15) is 4.31 Å². The number of carbonyl (C=O) groups excluding carboxylic acids is 1. The Hall–Kier alpha value is -0.920. The largest absolute Gasteiger partial charge is 0.326 e. The predicted octanol–water partition coefficient (Wildman–Crippen LogP) is 2.44. The molecular weight excluding hydrogens is 344 g/mol. The molecule has 0 aromatic heterocycles. The van der Waals surface area contributed by atoms with E-state index in [0.717, 1.165) is 0 Å². The first kappa shape index (κ1) is 17.1. The number of alkyl halides is 1. The second kappa shape index (κ2) is 7.19. The zero-order valence-corrected chi connectivity index (χ0v) is 14.2. The number of nitrogens with one attached hydrogen (secondary N) is 1. The lowest BCUT2D eigenvalue weighted by Gasteiger charge is -2.25. The Morgan fingerprint density at radius 3 is 2.25 bits per heavy atom. The second-order valence-corrected chi connectivity index (χ2v) is 7.29. The molecule has 1 N–H and O–H groups in total. The highest BCUT2D eigenvalue weighted by Gasteiger charge is 2.26. The fourth-order valence-corrected chi connectivity index (χ4v) is 4.04. The van der Waals surface area contributed by atoms with Crippen molar-refractivity contribution in [3.63, 3.8) is 0 Å². The van der Waals surface area contributed by atoms with E-state index in [4.69, 9.17) is 0 Å². The van der Waals surface area contributed by atoms with Gasteiger partial charge in [0.2, 0.25) is 15.9 Å². The van der Waals surface area contributed by atoms with Gasteiger partial charge in [0.05, 0.1) is 4.90 Å². The molecule has 0 spiro atoms. The van der Waals surface area contributed by atoms with Gasteiger partial charge in [0, 0.05) is 30.5 Å². The number of amides is 1. The molecule has 0 saturated carbocycles. The molecule has 0 bridgehead atoms. The molecule has 1 rings (SSSR count). The summed E-state index contributed by atoms with van der Waals surface area (Å²) in [6.07, 6.45) is 0. The lowest BCUT2D eigenvalue weighted by molar-refractivity contribution is -0.114. The maximum absolute atomic E-state index is 12.5. The molecule has 0 fully saturated rings. The predicted molar refractivity (Wildman–Crippen MR) is 83.6 cm³/mol. The van der Waals surface area contributed by atoms with E-state index in [1.54, 1.807) is 12.1 Å². The van der Waals surface area contributed by atoms with E-state index in [9.17, 15) is 13.2 Å². The normalized spacial score (nSPS) is 11.9. The summed E-state index contributed by atoms with van der Waals surface area (Å²) in [6.45, 7) is 5.49. The third-order valence-electron chi connectivity index (χ3n) is 2.66. The van der Waals surface area contributed by atoms with Gasteiger partial charge in [-0.05, 0) is 38.1 Å². The molecule has 0 saturated heterocycles. The fourth-order valence-electron chi connectivity index (χ4n) is 1.79. The van der Waals surface area contributed by atoms with Crippen molar-refractivity contribution >= 4 is 37.5 Å². The van der Waals surface area contributed by atoms with E-state index >= 15 is 0 Å². The third-order valence-corrected chi connectivity index (χ3v) is 5.11. The SMILES string of the molecule is CC(=O)Nc1ccc(S(=O)(=O)N(CCBr)C(C)C)cc1. The monoisotopic (exact) mass is 362 g/mol. The Morgan fingerprint density at radius 2 is 1.85 bits per heavy atom. The first-order valence-electron chi connectivity index (χ1n) is 6.24. The van der Waals surface area contributed by atoms with Gasteiger partial charge in [0.25, 0.3) is 0 Å². The molecule has 0 heterocycles. The summed E-state index contributed by atoms with van der Waals surface area (Å²) in [5, 5.41) is 3.18. The molecule has 0 aliphatic rings. The van der Waals surface area contributed by atoms with Gasteiger partial charge < -0.3 is 5.32 Å². The van der Waals surface area contributed by atoms with E-state index in [0.29, 0.717) is 17.6 Å². The topological polar surface area (TPSA) is 66.5 Å². The van der Waals surface area contributed by atoms with Crippen LogP contribution in [-0.2, 0) is 14.8 Å². The van der Waals surface area contributed by atoms with Crippen LogP contribution in [0.5, 0.6) is 0 Å². The van der Waals surface area contributed by atoms with E-state index in [-0.39, 0.29) is 16.8 Å². The van der Waals surface area contributed by atoms with E-state index in [1.165, 1.54) is 23.4 Å². The van der Waals surface area contributed by atoms with Gasteiger partial charge in [0.15, 0.2) is 0 Å². The molecule has 0 aliphatic heterocycles. The molecule has 1 amide bonds. The van der Waals surface area contributed by atoms with Crippen LogP contribution >= 0.6 is 15.9 Å². The number of hydrogen-bond acceptors (Lipinski definition) is 3. The second-order valence-electron chi connectivity index (χ2n) is 4.60. The van der Waals surface area contributed by atoms with Crippen molar-refractivity contribution < 1.29 is 13.2 Å². The quantitative estimate of drug-likeness (QED) is 0.790. The van der Waals surface area contributed by atoms with Crippen molar-refractivity contribution in [3.05, 3.63) is 24.3 Å². The summed E-state index contributed by atoms with van der Waals surface area (Å²) in [4.78, 5) is 11.2. The van der Waals surface area contributed by atoms with Crippen LogP contribution in [0.3, 0.4) is 0 Å². The third kappa shape index (κ3) is 4.29. The maximum atomic E-state index is 12.5. The lowest BCUT2D eigenvalue weighted by atomic mass is 10.3. The lowest BCUT2D eigenvalue weighted by Crippen LogP contribution is -2.38. The average Bonchev–Trinajstić information content (AvgIpc) is 2.35. The minimum absolute atomic E-state index is 0.118. The van der Waals surface area contributed by atoms with Gasteiger partial charge in [0.1, 0.15) is 0 Å². The van der Waals surface area contributed by atoms with Crippen molar-refractivity contribution in [2.45, 2.75) is 31.7 Å². The molecule has 7 heteroatoms. The van der Waals surface area contributed by atoms with E-state index in [2.05, 4.69) is 21.2 Å². The minimum Gasteiger partial charge on any atom is -0.326 e. The Bertz CT molecular complexity index is 555. The fraction of sp³-hybridized carbons (Fsp3) is 0.462. The number of anilines is 1. The van der Waals surface area contributed by atoms with Crippen molar-refractivity contribution in [2.24, 2.45) is 0 Å². The van der Waals surface area contributed by atoms with Gasteiger partial charge in [-0.3, -0.25) is 4.79 Å². The summed E-state index contributed by atoms with van der Waals surface area (Å²) >= 11 is 3.27. The summed E-state index contributed by atoms with van der Waals surface area (Å²) in [7, 11) is -3.52. The van der Waals surface area contributed by atoms with Gasteiger partial charge in [-0.15, -0.1) is 0 Å². The number of sulfonamides is 1.